The zero-order chi connectivity index (χ0) is 9.19. The minimum atomic E-state index is -0.0647. The van der Waals surface area contributed by atoms with E-state index in [1.807, 2.05) is 0 Å². The Balaban J connectivity index is 2.55. The van der Waals surface area contributed by atoms with Crippen molar-refractivity contribution >= 4 is 0 Å². The second kappa shape index (κ2) is 3.73. The highest BCUT2D eigenvalue weighted by Crippen LogP contribution is 2.32. The Morgan fingerprint density at radius 2 is 2.33 bits per heavy atom. The number of aliphatic hydroxyl groups is 1. The smallest absolute Gasteiger partial charge is 0.0500 e. The normalized spacial score (nSPS) is 30.5. The molecule has 3 N–H and O–H groups in total. The summed E-state index contributed by atoms with van der Waals surface area (Å²) >= 11 is 0. The molecule has 0 amide bonds. The molecule has 0 saturated carbocycles. The van der Waals surface area contributed by atoms with E-state index in [1.54, 1.807) is 0 Å². The SMILES string of the molecule is CN1CCC(C(C)(CN)CO)C1. The largest absolute Gasteiger partial charge is 0.396 e. The van der Waals surface area contributed by atoms with Crippen molar-refractivity contribution in [1.82, 2.24) is 4.90 Å². The van der Waals surface area contributed by atoms with E-state index in [1.165, 1.54) is 6.42 Å². The van der Waals surface area contributed by atoms with Crippen LogP contribution in [0.25, 0.3) is 0 Å². The van der Waals surface area contributed by atoms with Gasteiger partial charge in [0.1, 0.15) is 0 Å². The van der Waals surface area contributed by atoms with Crippen LogP contribution in [0.1, 0.15) is 13.3 Å². The van der Waals surface area contributed by atoms with Crippen LogP contribution in [0.5, 0.6) is 0 Å². The molecule has 12 heavy (non-hydrogen) atoms. The molecule has 1 saturated heterocycles. The van der Waals surface area contributed by atoms with E-state index in [2.05, 4.69) is 18.9 Å². The Labute approximate surface area is 74.5 Å². The van der Waals surface area contributed by atoms with Crippen molar-refractivity contribution in [2.45, 2.75) is 13.3 Å². The quantitative estimate of drug-likeness (QED) is 0.625. The molecule has 0 bridgehead atoms. The van der Waals surface area contributed by atoms with Gasteiger partial charge in [0, 0.05) is 25.1 Å². The van der Waals surface area contributed by atoms with Crippen LogP contribution < -0.4 is 5.73 Å². The van der Waals surface area contributed by atoms with Gasteiger partial charge in [-0.05, 0) is 25.9 Å². The molecule has 3 nitrogen and oxygen atoms in total. The molecular weight excluding hydrogens is 152 g/mol. The Morgan fingerprint density at radius 3 is 2.67 bits per heavy atom. The van der Waals surface area contributed by atoms with Crippen LogP contribution in [-0.2, 0) is 0 Å². The van der Waals surface area contributed by atoms with Crippen molar-refractivity contribution in [3.05, 3.63) is 0 Å². The number of hydrogen-bond acceptors (Lipinski definition) is 3. The van der Waals surface area contributed by atoms with Crippen molar-refractivity contribution in [1.29, 1.82) is 0 Å². The number of rotatable bonds is 3. The minimum Gasteiger partial charge on any atom is -0.396 e. The molecule has 0 spiro atoms. The van der Waals surface area contributed by atoms with Gasteiger partial charge in [-0.3, -0.25) is 0 Å². The maximum absolute atomic E-state index is 9.23. The summed E-state index contributed by atoms with van der Waals surface area (Å²) < 4.78 is 0. The molecular formula is C9H20N2O. The first kappa shape index (κ1) is 9.96. The molecule has 3 heteroatoms. The number of likely N-dealkylation sites (tertiary alicyclic amines) is 1. The predicted octanol–water partition coefficient (Wildman–Crippen LogP) is -0.105. The fraction of sp³-hybridized carbons (Fsp3) is 1.00. The molecule has 1 fully saturated rings. The third-order valence-corrected chi connectivity index (χ3v) is 3.20. The van der Waals surface area contributed by atoms with Gasteiger partial charge in [0.25, 0.3) is 0 Å². The van der Waals surface area contributed by atoms with Crippen molar-refractivity contribution in [2.75, 3.05) is 33.3 Å². The molecule has 1 rings (SSSR count). The number of hydrogen-bond donors (Lipinski definition) is 2. The highest BCUT2D eigenvalue weighted by molar-refractivity contribution is 4.88. The van der Waals surface area contributed by atoms with Crippen molar-refractivity contribution in [3.8, 4) is 0 Å². The van der Waals surface area contributed by atoms with Crippen LogP contribution in [0.3, 0.4) is 0 Å². The van der Waals surface area contributed by atoms with Gasteiger partial charge in [-0.2, -0.15) is 0 Å². The monoisotopic (exact) mass is 172 g/mol. The van der Waals surface area contributed by atoms with E-state index in [4.69, 9.17) is 5.73 Å². The topological polar surface area (TPSA) is 49.5 Å². The second-order valence-corrected chi connectivity index (χ2v) is 4.26. The summed E-state index contributed by atoms with van der Waals surface area (Å²) in [5, 5.41) is 9.23. The third kappa shape index (κ3) is 1.79. The van der Waals surface area contributed by atoms with Gasteiger partial charge in [0.2, 0.25) is 0 Å². The van der Waals surface area contributed by atoms with E-state index < -0.39 is 0 Å². The Morgan fingerprint density at radius 1 is 1.67 bits per heavy atom. The summed E-state index contributed by atoms with van der Waals surface area (Å²) in [6.45, 7) is 5.09. The van der Waals surface area contributed by atoms with Gasteiger partial charge in [0.15, 0.2) is 0 Å². The van der Waals surface area contributed by atoms with Gasteiger partial charge >= 0.3 is 0 Å². The van der Waals surface area contributed by atoms with E-state index in [9.17, 15) is 5.11 Å². The van der Waals surface area contributed by atoms with E-state index in [0.29, 0.717) is 12.5 Å². The maximum atomic E-state index is 9.23. The molecule has 2 unspecified atom stereocenters. The predicted molar refractivity (Wildman–Crippen MR) is 49.9 cm³/mol. The number of nitrogens with zero attached hydrogens (tertiary/aromatic N) is 1. The average Bonchev–Trinajstić information content (AvgIpc) is 2.51. The van der Waals surface area contributed by atoms with Gasteiger partial charge < -0.3 is 15.7 Å². The molecule has 0 aromatic heterocycles. The lowest BCUT2D eigenvalue weighted by molar-refractivity contribution is 0.0901. The maximum Gasteiger partial charge on any atom is 0.0500 e. The van der Waals surface area contributed by atoms with Crippen LogP contribution in [0.4, 0.5) is 0 Å². The van der Waals surface area contributed by atoms with Crippen molar-refractivity contribution in [2.24, 2.45) is 17.1 Å². The van der Waals surface area contributed by atoms with Crippen LogP contribution in [0.15, 0.2) is 0 Å². The summed E-state index contributed by atoms with van der Waals surface area (Å²) in [5.74, 6) is 0.567. The van der Waals surface area contributed by atoms with Crippen LogP contribution >= 0.6 is 0 Å². The highest BCUT2D eigenvalue weighted by atomic mass is 16.3. The lowest BCUT2D eigenvalue weighted by Gasteiger charge is -2.32. The van der Waals surface area contributed by atoms with E-state index in [0.717, 1.165) is 13.1 Å². The van der Waals surface area contributed by atoms with Crippen LogP contribution in [0.2, 0.25) is 0 Å². The Bertz CT molecular complexity index is 145. The van der Waals surface area contributed by atoms with Crippen molar-refractivity contribution in [3.63, 3.8) is 0 Å². The standard InChI is InChI=1S/C9H20N2O/c1-9(6-10,7-12)8-3-4-11(2)5-8/h8,12H,3-7,10H2,1-2H3. The minimum absolute atomic E-state index is 0.0647. The summed E-state index contributed by atoms with van der Waals surface area (Å²) in [6.07, 6.45) is 1.17. The molecule has 1 aliphatic rings. The summed E-state index contributed by atoms with van der Waals surface area (Å²) in [5.41, 5.74) is 5.60. The first-order valence-electron chi connectivity index (χ1n) is 4.62. The fourth-order valence-electron chi connectivity index (χ4n) is 1.86. The van der Waals surface area contributed by atoms with Gasteiger partial charge in [-0.15, -0.1) is 0 Å². The molecule has 0 aromatic carbocycles. The lowest BCUT2D eigenvalue weighted by atomic mass is 9.77. The van der Waals surface area contributed by atoms with E-state index >= 15 is 0 Å². The van der Waals surface area contributed by atoms with Gasteiger partial charge in [0.05, 0.1) is 0 Å². The van der Waals surface area contributed by atoms with Crippen LogP contribution in [-0.4, -0.2) is 43.3 Å². The molecule has 1 heterocycles. The van der Waals surface area contributed by atoms with Gasteiger partial charge in [-0.1, -0.05) is 6.92 Å². The Hall–Kier alpha value is -0.120. The Kier molecular flexibility index (Phi) is 3.09. The zero-order valence-corrected chi connectivity index (χ0v) is 8.08. The zero-order valence-electron chi connectivity index (χ0n) is 8.08. The summed E-state index contributed by atoms with van der Waals surface area (Å²) in [6, 6.07) is 0. The highest BCUT2D eigenvalue weighted by Gasteiger charge is 2.35. The molecule has 0 radical (unpaired) electrons. The molecule has 0 aliphatic carbocycles. The lowest BCUT2D eigenvalue weighted by Crippen LogP contribution is -2.39. The number of aliphatic hydroxyl groups excluding tert-OH is 1. The number of nitrogens with two attached hydrogens (primary N) is 1. The van der Waals surface area contributed by atoms with Crippen LogP contribution in [0, 0.1) is 11.3 Å². The molecule has 1 aliphatic heterocycles. The molecule has 2 atom stereocenters. The average molecular weight is 172 g/mol. The first-order chi connectivity index (χ1) is 5.62. The van der Waals surface area contributed by atoms with Gasteiger partial charge in [-0.25, -0.2) is 0 Å². The molecule has 0 aromatic rings. The third-order valence-electron chi connectivity index (χ3n) is 3.20. The second-order valence-electron chi connectivity index (χ2n) is 4.26. The summed E-state index contributed by atoms with van der Waals surface area (Å²) in [4.78, 5) is 2.30. The van der Waals surface area contributed by atoms with E-state index in [-0.39, 0.29) is 12.0 Å². The fourth-order valence-corrected chi connectivity index (χ4v) is 1.86. The summed E-state index contributed by atoms with van der Waals surface area (Å²) in [7, 11) is 2.12. The molecule has 72 valence electrons. The first-order valence-corrected chi connectivity index (χ1v) is 4.62. The van der Waals surface area contributed by atoms with Crippen molar-refractivity contribution < 1.29 is 5.11 Å².